The topological polar surface area (TPSA) is 33.7 Å². The molecule has 1 aromatic rings. The average Bonchev–Trinajstić information content (AvgIpc) is 2.47. The Morgan fingerprint density at radius 1 is 1.30 bits per heavy atom. The molecule has 20 heavy (non-hydrogen) atoms. The average molecular weight is 278 g/mol. The van der Waals surface area contributed by atoms with E-state index in [9.17, 15) is 0 Å². The number of nitrogens with one attached hydrogen (secondary N) is 1. The molecule has 0 aliphatic carbocycles. The van der Waals surface area contributed by atoms with Crippen molar-refractivity contribution in [3.8, 4) is 11.5 Å². The lowest BCUT2D eigenvalue weighted by Crippen LogP contribution is -2.47. The van der Waals surface area contributed by atoms with Crippen LogP contribution in [0.3, 0.4) is 0 Å². The van der Waals surface area contributed by atoms with Gasteiger partial charge in [-0.05, 0) is 38.4 Å². The van der Waals surface area contributed by atoms with E-state index in [2.05, 4.69) is 30.1 Å². The second-order valence-corrected chi connectivity index (χ2v) is 5.36. The summed E-state index contributed by atoms with van der Waals surface area (Å²) in [5, 5.41) is 3.56. The van der Waals surface area contributed by atoms with Crippen molar-refractivity contribution in [2.24, 2.45) is 0 Å². The third kappa shape index (κ3) is 3.18. The molecule has 1 saturated heterocycles. The second-order valence-electron chi connectivity index (χ2n) is 5.36. The highest BCUT2D eigenvalue weighted by atomic mass is 16.5. The molecule has 2 atom stereocenters. The lowest BCUT2D eigenvalue weighted by atomic mass is 9.97. The Morgan fingerprint density at radius 2 is 2.10 bits per heavy atom. The summed E-state index contributed by atoms with van der Waals surface area (Å²) in [7, 11) is 3.40. The molecule has 1 aliphatic rings. The van der Waals surface area contributed by atoms with Gasteiger partial charge in [-0.1, -0.05) is 6.92 Å². The van der Waals surface area contributed by atoms with Crippen LogP contribution in [0.25, 0.3) is 0 Å². The monoisotopic (exact) mass is 278 g/mol. The van der Waals surface area contributed by atoms with Crippen LogP contribution in [0.15, 0.2) is 18.2 Å². The maximum atomic E-state index is 5.53. The lowest BCUT2D eigenvalue weighted by Gasteiger charge is -2.40. The minimum Gasteiger partial charge on any atom is -0.497 e. The van der Waals surface area contributed by atoms with Gasteiger partial charge >= 0.3 is 0 Å². The molecule has 1 heterocycles. The third-order valence-corrected chi connectivity index (χ3v) is 4.07. The molecule has 0 amide bonds. The van der Waals surface area contributed by atoms with Gasteiger partial charge in [0.2, 0.25) is 0 Å². The highest BCUT2D eigenvalue weighted by Gasteiger charge is 2.26. The fourth-order valence-corrected chi connectivity index (χ4v) is 3.03. The number of hydrogen-bond acceptors (Lipinski definition) is 4. The maximum Gasteiger partial charge on any atom is 0.145 e. The number of ether oxygens (including phenoxy) is 2. The van der Waals surface area contributed by atoms with Crippen LogP contribution >= 0.6 is 0 Å². The predicted octanol–water partition coefficient (Wildman–Crippen LogP) is 2.67. The van der Waals surface area contributed by atoms with Gasteiger partial charge in [0.15, 0.2) is 0 Å². The molecule has 1 aliphatic heterocycles. The van der Waals surface area contributed by atoms with Crippen molar-refractivity contribution in [1.82, 2.24) is 5.32 Å². The molecular formula is C16H26N2O2. The van der Waals surface area contributed by atoms with E-state index in [4.69, 9.17) is 9.47 Å². The second kappa shape index (κ2) is 6.84. The molecule has 1 aromatic carbocycles. The maximum absolute atomic E-state index is 5.53. The van der Waals surface area contributed by atoms with E-state index in [0.29, 0.717) is 12.1 Å². The van der Waals surface area contributed by atoms with Crippen LogP contribution in [0.1, 0.15) is 26.7 Å². The highest BCUT2D eigenvalue weighted by molar-refractivity contribution is 5.61. The number of rotatable bonds is 5. The summed E-state index contributed by atoms with van der Waals surface area (Å²) < 4.78 is 10.8. The van der Waals surface area contributed by atoms with Crippen LogP contribution in [0, 0.1) is 0 Å². The van der Waals surface area contributed by atoms with Crippen LogP contribution in [-0.2, 0) is 0 Å². The van der Waals surface area contributed by atoms with Crippen molar-refractivity contribution in [1.29, 1.82) is 0 Å². The lowest BCUT2D eigenvalue weighted by molar-refractivity contribution is 0.364. The molecule has 0 bridgehead atoms. The van der Waals surface area contributed by atoms with E-state index in [1.54, 1.807) is 14.2 Å². The molecule has 0 saturated carbocycles. The van der Waals surface area contributed by atoms with Gasteiger partial charge in [0.1, 0.15) is 11.5 Å². The smallest absolute Gasteiger partial charge is 0.145 e. The fourth-order valence-electron chi connectivity index (χ4n) is 3.03. The zero-order valence-electron chi connectivity index (χ0n) is 13.0. The molecule has 1 N–H and O–H groups in total. The van der Waals surface area contributed by atoms with E-state index in [1.807, 2.05) is 12.1 Å². The number of benzene rings is 1. The van der Waals surface area contributed by atoms with Gasteiger partial charge in [0, 0.05) is 24.7 Å². The van der Waals surface area contributed by atoms with Crippen LogP contribution < -0.4 is 19.7 Å². The Kier molecular flexibility index (Phi) is 5.12. The summed E-state index contributed by atoms with van der Waals surface area (Å²) in [6.45, 7) is 6.56. The quantitative estimate of drug-likeness (QED) is 0.898. The summed E-state index contributed by atoms with van der Waals surface area (Å²) in [6, 6.07) is 7.20. The first-order valence-electron chi connectivity index (χ1n) is 7.41. The van der Waals surface area contributed by atoms with Crippen LogP contribution in [0.4, 0.5) is 5.69 Å². The first kappa shape index (κ1) is 15.0. The van der Waals surface area contributed by atoms with Crippen LogP contribution in [0.5, 0.6) is 11.5 Å². The summed E-state index contributed by atoms with van der Waals surface area (Å²) in [5.41, 5.74) is 1.16. The Bertz CT molecular complexity index is 436. The Balaban J connectivity index is 2.15. The number of hydrogen-bond donors (Lipinski definition) is 1. The molecule has 1 fully saturated rings. The molecule has 2 unspecified atom stereocenters. The van der Waals surface area contributed by atoms with Crippen molar-refractivity contribution < 1.29 is 9.47 Å². The zero-order chi connectivity index (χ0) is 14.5. The first-order chi connectivity index (χ1) is 9.69. The predicted molar refractivity (Wildman–Crippen MR) is 83.1 cm³/mol. The van der Waals surface area contributed by atoms with E-state index < -0.39 is 0 Å². The van der Waals surface area contributed by atoms with Crippen molar-refractivity contribution in [3.63, 3.8) is 0 Å². The Hall–Kier alpha value is -1.42. The first-order valence-corrected chi connectivity index (χ1v) is 7.41. The highest BCUT2D eigenvalue weighted by Crippen LogP contribution is 2.35. The summed E-state index contributed by atoms with van der Waals surface area (Å²) in [6.07, 6.45) is 2.34. The minimum absolute atomic E-state index is 0.509. The third-order valence-electron chi connectivity index (χ3n) is 4.07. The van der Waals surface area contributed by atoms with Gasteiger partial charge in [-0.3, -0.25) is 0 Å². The number of anilines is 1. The van der Waals surface area contributed by atoms with Crippen molar-refractivity contribution in [2.75, 3.05) is 32.2 Å². The molecule has 0 spiro atoms. The minimum atomic E-state index is 0.509. The van der Waals surface area contributed by atoms with Gasteiger partial charge in [-0.2, -0.15) is 0 Å². The Labute approximate surface area is 122 Å². The van der Waals surface area contributed by atoms with Gasteiger partial charge in [0.05, 0.1) is 19.9 Å². The van der Waals surface area contributed by atoms with Crippen LogP contribution in [0.2, 0.25) is 0 Å². The van der Waals surface area contributed by atoms with E-state index in [0.717, 1.165) is 30.3 Å². The van der Waals surface area contributed by atoms with Crippen LogP contribution in [-0.4, -0.2) is 39.4 Å². The molecule has 4 heteroatoms. The largest absolute Gasteiger partial charge is 0.497 e. The molecule has 0 radical (unpaired) electrons. The zero-order valence-corrected chi connectivity index (χ0v) is 13.0. The van der Waals surface area contributed by atoms with E-state index in [1.165, 1.54) is 12.8 Å². The normalized spacial score (nSPS) is 22.7. The summed E-state index contributed by atoms with van der Waals surface area (Å²) >= 11 is 0. The van der Waals surface area contributed by atoms with Crippen molar-refractivity contribution in [3.05, 3.63) is 18.2 Å². The van der Waals surface area contributed by atoms with Crippen molar-refractivity contribution in [2.45, 2.75) is 38.8 Å². The number of methoxy groups -OCH3 is 2. The van der Waals surface area contributed by atoms with Gasteiger partial charge in [-0.25, -0.2) is 0 Å². The van der Waals surface area contributed by atoms with Gasteiger partial charge in [0.25, 0.3) is 0 Å². The SMILES string of the molecule is CCNC1CCN(c2ccc(OC)cc2OC)C(C)C1. The van der Waals surface area contributed by atoms with E-state index in [-0.39, 0.29) is 0 Å². The number of piperidine rings is 1. The molecular weight excluding hydrogens is 252 g/mol. The number of nitrogens with zero attached hydrogens (tertiary/aromatic N) is 1. The molecule has 4 nitrogen and oxygen atoms in total. The summed E-state index contributed by atoms with van der Waals surface area (Å²) in [5.74, 6) is 1.72. The van der Waals surface area contributed by atoms with Crippen molar-refractivity contribution >= 4 is 5.69 Å². The summed E-state index contributed by atoms with van der Waals surface area (Å²) in [4.78, 5) is 2.44. The molecule has 0 aromatic heterocycles. The van der Waals surface area contributed by atoms with Gasteiger partial charge < -0.3 is 19.7 Å². The van der Waals surface area contributed by atoms with E-state index >= 15 is 0 Å². The molecule has 112 valence electrons. The Morgan fingerprint density at radius 3 is 2.70 bits per heavy atom. The molecule has 2 rings (SSSR count). The fraction of sp³-hybridized carbons (Fsp3) is 0.625. The standard InChI is InChI=1S/C16H26N2O2/c1-5-17-13-8-9-18(12(2)10-13)15-7-6-14(19-3)11-16(15)20-4/h6-7,11-13,17H,5,8-10H2,1-4H3. The van der Waals surface area contributed by atoms with Gasteiger partial charge in [-0.15, -0.1) is 0 Å².